The second-order valence-electron chi connectivity index (χ2n) is 8.09. The summed E-state index contributed by atoms with van der Waals surface area (Å²) < 4.78 is 9.16. The van der Waals surface area contributed by atoms with Gasteiger partial charge in [-0.2, -0.15) is 10.2 Å². The average Bonchev–Trinajstić information content (AvgIpc) is 3.02. The van der Waals surface area contributed by atoms with Crippen LogP contribution in [-0.4, -0.2) is 63.9 Å². The summed E-state index contributed by atoms with van der Waals surface area (Å²) in [4.78, 5) is 17.4. The first-order valence-corrected chi connectivity index (χ1v) is 10.7. The van der Waals surface area contributed by atoms with Crippen molar-refractivity contribution in [3.05, 3.63) is 39.6 Å². The van der Waals surface area contributed by atoms with Crippen molar-refractivity contribution >= 4 is 5.69 Å². The Morgan fingerprint density at radius 1 is 1.21 bits per heavy atom. The quantitative estimate of drug-likeness (QED) is 0.762. The van der Waals surface area contributed by atoms with E-state index in [4.69, 9.17) is 4.74 Å². The van der Waals surface area contributed by atoms with Crippen molar-refractivity contribution in [2.24, 2.45) is 0 Å². The van der Waals surface area contributed by atoms with Crippen LogP contribution in [0.15, 0.2) is 17.1 Å². The number of aryl methyl sites for hydroxylation is 2. The van der Waals surface area contributed by atoms with Gasteiger partial charge >= 0.3 is 0 Å². The van der Waals surface area contributed by atoms with Crippen LogP contribution in [0.1, 0.15) is 42.8 Å². The highest BCUT2D eigenvalue weighted by Crippen LogP contribution is 2.24. The fraction of sp³-hybridized carbons (Fsp3) is 0.667. The Bertz CT molecular complexity index is 899. The molecule has 0 unspecified atom stereocenters. The molecule has 0 amide bonds. The van der Waals surface area contributed by atoms with Crippen molar-refractivity contribution in [2.75, 3.05) is 44.3 Å². The minimum atomic E-state index is -0.00740. The van der Waals surface area contributed by atoms with Crippen LogP contribution in [0.4, 0.5) is 5.69 Å². The first kappa shape index (κ1) is 20.1. The van der Waals surface area contributed by atoms with Crippen LogP contribution in [0, 0.1) is 13.8 Å². The summed E-state index contributed by atoms with van der Waals surface area (Å²) >= 11 is 0. The molecule has 2 aromatic heterocycles. The molecule has 2 fully saturated rings. The number of piperidine rings is 1. The summed E-state index contributed by atoms with van der Waals surface area (Å²) in [6.07, 6.45) is 3.90. The van der Waals surface area contributed by atoms with Gasteiger partial charge in [0.15, 0.2) is 0 Å². The largest absolute Gasteiger partial charge is 0.378 e. The normalized spacial score (nSPS) is 20.9. The van der Waals surface area contributed by atoms with Crippen LogP contribution < -0.4 is 10.5 Å². The van der Waals surface area contributed by atoms with Crippen LogP contribution >= 0.6 is 0 Å². The highest BCUT2D eigenvalue weighted by Gasteiger charge is 2.25. The third kappa shape index (κ3) is 4.23. The molecule has 29 heavy (non-hydrogen) atoms. The van der Waals surface area contributed by atoms with Gasteiger partial charge in [-0.15, -0.1) is 0 Å². The third-order valence-corrected chi connectivity index (χ3v) is 6.23. The first-order valence-electron chi connectivity index (χ1n) is 10.7. The molecule has 0 spiro atoms. The fourth-order valence-electron chi connectivity index (χ4n) is 4.55. The van der Waals surface area contributed by atoms with Gasteiger partial charge in [-0.1, -0.05) is 0 Å². The highest BCUT2D eigenvalue weighted by atomic mass is 16.5. The highest BCUT2D eigenvalue weighted by molar-refractivity contribution is 5.43. The smallest absolute Gasteiger partial charge is 0.269 e. The zero-order valence-corrected chi connectivity index (χ0v) is 17.8. The van der Waals surface area contributed by atoms with E-state index in [1.165, 1.54) is 11.3 Å². The number of morpholine rings is 1. The molecule has 0 aliphatic carbocycles. The topological polar surface area (TPSA) is 68.4 Å². The SMILES string of the molecule is CCn1nc(C)c(CN2CCC[C@H](n3ncc(N4CCOCC4)cc3=O)C2)c1C. The summed E-state index contributed by atoms with van der Waals surface area (Å²) in [7, 11) is 0. The molecule has 0 N–H and O–H groups in total. The minimum Gasteiger partial charge on any atom is -0.378 e. The molecule has 1 atom stereocenters. The molecule has 2 aromatic rings. The number of hydrogen-bond donors (Lipinski definition) is 0. The van der Waals surface area contributed by atoms with Crippen LogP contribution in [-0.2, 0) is 17.8 Å². The molecular weight excluding hydrogens is 368 g/mol. The molecule has 0 bridgehead atoms. The molecule has 0 saturated carbocycles. The Hall–Kier alpha value is -2.19. The zero-order chi connectivity index (χ0) is 20.4. The molecule has 2 aliphatic heterocycles. The van der Waals surface area contributed by atoms with E-state index in [-0.39, 0.29) is 11.6 Å². The number of anilines is 1. The lowest BCUT2D eigenvalue weighted by atomic mass is 10.0. The first-order chi connectivity index (χ1) is 14.1. The molecule has 2 aliphatic rings. The van der Waals surface area contributed by atoms with E-state index in [0.717, 1.165) is 63.5 Å². The van der Waals surface area contributed by atoms with E-state index >= 15 is 0 Å². The van der Waals surface area contributed by atoms with Crippen LogP contribution in [0.3, 0.4) is 0 Å². The van der Waals surface area contributed by atoms with Crippen LogP contribution in [0.25, 0.3) is 0 Å². The van der Waals surface area contributed by atoms with Gasteiger partial charge in [0, 0.05) is 50.0 Å². The Balaban J connectivity index is 1.47. The number of likely N-dealkylation sites (tertiary alicyclic amines) is 1. The van der Waals surface area contributed by atoms with E-state index in [2.05, 4.69) is 45.5 Å². The second-order valence-corrected chi connectivity index (χ2v) is 8.09. The lowest BCUT2D eigenvalue weighted by molar-refractivity contribution is 0.122. The molecule has 0 aromatic carbocycles. The number of nitrogens with zero attached hydrogens (tertiary/aromatic N) is 6. The van der Waals surface area contributed by atoms with E-state index in [9.17, 15) is 4.79 Å². The maximum absolute atomic E-state index is 12.8. The fourth-order valence-corrected chi connectivity index (χ4v) is 4.55. The monoisotopic (exact) mass is 400 g/mol. The van der Waals surface area contributed by atoms with E-state index in [1.54, 1.807) is 10.7 Å². The van der Waals surface area contributed by atoms with Gasteiger partial charge in [-0.3, -0.25) is 14.4 Å². The summed E-state index contributed by atoms with van der Waals surface area (Å²) in [6.45, 7) is 13.1. The number of aromatic nitrogens is 4. The van der Waals surface area contributed by atoms with Gasteiger partial charge in [-0.05, 0) is 40.2 Å². The molecule has 8 heteroatoms. The maximum atomic E-state index is 12.8. The van der Waals surface area contributed by atoms with E-state index in [0.29, 0.717) is 13.2 Å². The molecular formula is C21H32N6O2. The number of ether oxygens (including phenoxy) is 1. The maximum Gasteiger partial charge on any atom is 0.269 e. The molecule has 8 nitrogen and oxygen atoms in total. The van der Waals surface area contributed by atoms with Crippen molar-refractivity contribution in [1.29, 1.82) is 0 Å². The third-order valence-electron chi connectivity index (χ3n) is 6.23. The van der Waals surface area contributed by atoms with Gasteiger partial charge in [0.05, 0.1) is 36.8 Å². The lowest BCUT2D eigenvalue weighted by Crippen LogP contribution is -2.41. The van der Waals surface area contributed by atoms with Crippen LogP contribution in [0.5, 0.6) is 0 Å². The second kappa shape index (κ2) is 8.67. The molecule has 4 rings (SSSR count). The Kier molecular flexibility index (Phi) is 6.01. The Morgan fingerprint density at radius 3 is 2.69 bits per heavy atom. The number of rotatable bonds is 5. The minimum absolute atomic E-state index is 0.00740. The number of hydrogen-bond acceptors (Lipinski definition) is 6. The molecule has 4 heterocycles. The van der Waals surface area contributed by atoms with E-state index in [1.807, 2.05) is 6.20 Å². The summed E-state index contributed by atoms with van der Waals surface area (Å²) in [5.41, 5.74) is 4.57. The zero-order valence-electron chi connectivity index (χ0n) is 17.8. The summed E-state index contributed by atoms with van der Waals surface area (Å²) in [5.74, 6) is 0. The average molecular weight is 401 g/mol. The van der Waals surface area contributed by atoms with E-state index < -0.39 is 0 Å². The standard InChI is InChI=1S/C21H32N6O2/c1-4-26-17(3)20(16(2)23-26)15-24-7-5-6-18(14-24)27-21(28)12-19(13-22-27)25-8-10-29-11-9-25/h12-13,18H,4-11,14-15H2,1-3H3/t18-/m0/s1. The lowest BCUT2D eigenvalue weighted by Gasteiger charge is -2.33. The Morgan fingerprint density at radius 2 is 2.00 bits per heavy atom. The van der Waals surface area contributed by atoms with Crippen molar-refractivity contribution in [1.82, 2.24) is 24.5 Å². The predicted molar refractivity (Wildman–Crippen MR) is 112 cm³/mol. The van der Waals surface area contributed by atoms with Gasteiger partial charge in [0.25, 0.3) is 5.56 Å². The van der Waals surface area contributed by atoms with Crippen molar-refractivity contribution in [2.45, 2.75) is 52.7 Å². The van der Waals surface area contributed by atoms with Crippen molar-refractivity contribution in [3.8, 4) is 0 Å². The van der Waals surface area contributed by atoms with Crippen LogP contribution in [0.2, 0.25) is 0 Å². The van der Waals surface area contributed by atoms with Gasteiger partial charge < -0.3 is 9.64 Å². The molecule has 158 valence electrons. The van der Waals surface area contributed by atoms with Gasteiger partial charge in [0.2, 0.25) is 0 Å². The molecule has 0 radical (unpaired) electrons. The van der Waals surface area contributed by atoms with Crippen molar-refractivity contribution < 1.29 is 4.74 Å². The summed E-state index contributed by atoms with van der Waals surface area (Å²) in [6, 6.07) is 1.86. The summed E-state index contributed by atoms with van der Waals surface area (Å²) in [5, 5.41) is 9.20. The van der Waals surface area contributed by atoms with Gasteiger partial charge in [-0.25, -0.2) is 4.68 Å². The van der Waals surface area contributed by atoms with Crippen molar-refractivity contribution in [3.63, 3.8) is 0 Å². The van der Waals surface area contributed by atoms with Gasteiger partial charge in [0.1, 0.15) is 0 Å². The predicted octanol–water partition coefficient (Wildman–Crippen LogP) is 1.75. The Labute approximate surface area is 172 Å². The molecule has 2 saturated heterocycles.